The Bertz CT molecular complexity index is 305. The third-order valence-electron chi connectivity index (χ3n) is 2.78. The largest absolute Gasteiger partial charge is 0.340 e. The van der Waals surface area contributed by atoms with Crippen molar-refractivity contribution in [1.82, 2.24) is 9.80 Å². The van der Waals surface area contributed by atoms with Crippen LogP contribution < -0.4 is 0 Å². The highest BCUT2D eigenvalue weighted by atomic mass is 16.2. The molecule has 0 aromatic heterocycles. The van der Waals surface area contributed by atoms with Crippen LogP contribution in [0.1, 0.15) is 39.5 Å². The van der Waals surface area contributed by atoms with E-state index in [4.69, 9.17) is 10.5 Å². The Labute approximate surface area is 116 Å². The van der Waals surface area contributed by atoms with Crippen LogP contribution in [0.25, 0.3) is 0 Å². The SMILES string of the molecule is CCCN(CCC)CC(=O)N(CCC#N)CCC#N. The van der Waals surface area contributed by atoms with Crippen molar-refractivity contribution in [3.8, 4) is 12.1 Å². The number of nitrogens with zero attached hydrogens (tertiary/aromatic N) is 4. The van der Waals surface area contributed by atoms with Gasteiger partial charge >= 0.3 is 0 Å². The molecule has 0 saturated carbocycles. The summed E-state index contributed by atoms with van der Waals surface area (Å²) in [5.41, 5.74) is 0. The number of amides is 1. The Kier molecular flexibility index (Phi) is 10.5. The zero-order valence-corrected chi connectivity index (χ0v) is 12.1. The number of hydrogen-bond donors (Lipinski definition) is 0. The highest BCUT2D eigenvalue weighted by Gasteiger charge is 2.16. The zero-order chi connectivity index (χ0) is 14.5. The second kappa shape index (κ2) is 11.5. The van der Waals surface area contributed by atoms with E-state index >= 15 is 0 Å². The molecule has 0 N–H and O–H groups in total. The van der Waals surface area contributed by atoms with E-state index in [0.29, 0.717) is 32.5 Å². The average molecular weight is 264 g/mol. The molecule has 0 fully saturated rings. The second-order valence-corrected chi connectivity index (χ2v) is 4.47. The molecule has 0 radical (unpaired) electrons. The molecule has 5 nitrogen and oxygen atoms in total. The van der Waals surface area contributed by atoms with E-state index in [0.717, 1.165) is 25.9 Å². The van der Waals surface area contributed by atoms with Crippen LogP contribution in [0.4, 0.5) is 0 Å². The molecule has 1 amide bonds. The molecule has 0 aliphatic carbocycles. The van der Waals surface area contributed by atoms with Gasteiger partial charge in [0.1, 0.15) is 0 Å². The monoisotopic (exact) mass is 264 g/mol. The van der Waals surface area contributed by atoms with Crippen molar-refractivity contribution in [1.29, 1.82) is 10.5 Å². The van der Waals surface area contributed by atoms with Gasteiger partial charge in [0.2, 0.25) is 5.91 Å². The smallest absolute Gasteiger partial charge is 0.236 e. The molecule has 106 valence electrons. The number of hydrogen-bond acceptors (Lipinski definition) is 4. The van der Waals surface area contributed by atoms with Crippen LogP contribution in [0, 0.1) is 22.7 Å². The van der Waals surface area contributed by atoms with E-state index in [1.807, 2.05) is 12.1 Å². The first-order valence-electron chi connectivity index (χ1n) is 6.93. The van der Waals surface area contributed by atoms with Crippen molar-refractivity contribution >= 4 is 5.91 Å². The minimum Gasteiger partial charge on any atom is -0.340 e. The molecule has 0 bridgehead atoms. The summed E-state index contributed by atoms with van der Waals surface area (Å²) in [6.07, 6.45) is 2.67. The maximum atomic E-state index is 12.2. The van der Waals surface area contributed by atoms with Gasteiger partial charge in [-0.25, -0.2) is 0 Å². The summed E-state index contributed by atoms with van der Waals surface area (Å²) in [6, 6.07) is 4.09. The first-order valence-corrected chi connectivity index (χ1v) is 6.93. The van der Waals surface area contributed by atoms with E-state index in [9.17, 15) is 4.79 Å². The van der Waals surface area contributed by atoms with Gasteiger partial charge in [-0.15, -0.1) is 0 Å². The third kappa shape index (κ3) is 8.18. The predicted octanol–water partition coefficient (Wildman–Crippen LogP) is 1.76. The molecule has 0 atom stereocenters. The van der Waals surface area contributed by atoms with Gasteiger partial charge in [0.25, 0.3) is 0 Å². The van der Waals surface area contributed by atoms with Crippen LogP contribution in [-0.2, 0) is 4.79 Å². The molecule has 0 saturated heterocycles. The molecule has 0 spiro atoms. The van der Waals surface area contributed by atoms with Gasteiger partial charge < -0.3 is 4.90 Å². The Morgan fingerprint density at radius 2 is 1.42 bits per heavy atom. The van der Waals surface area contributed by atoms with Crippen LogP contribution >= 0.6 is 0 Å². The molecule has 0 unspecified atom stereocenters. The van der Waals surface area contributed by atoms with Gasteiger partial charge in [0, 0.05) is 13.1 Å². The van der Waals surface area contributed by atoms with Crippen molar-refractivity contribution in [2.45, 2.75) is 39.5 Å². The summed E-state index contributed by atoms with van der Waals surface area (Å²) in [5.74, 6) is 0.0207. The summed E-state index contributed by atoms with van der Waals surface area (Å²) in [5, 5.41) is 17.2. The summed E-state index contributed by atoms with van der Waals surface area (Å²) < 4.78 is 0. The fraction of sp³-hybridized carbons (Fsp3) is 0.786. The molecule has 0 aliphatic rings. The van der Waals surface area contributed by atoms with Gasteiger partial charge in [-0.1, -0.05) is 13.8 Å². The van der Waals surface area contributed by atoms with Crippen LogP contribution in [0.5, 0.6) is 0 Å². The molecular formula is C14H24N4O. The van der Waals surface area contributed by atoms with Crippen molar-refractivity contribution < 1.29 is 4.79 Å². The topological polar surface area (TPSA) is 71.1 Å². The molecule has 0 heterocycles. The minimum absolute atomic E-state index is 0.0207. The van der Waals surface area contributed by atoms with Gasteiger partial charge in [0.15, 0.2) is 0 Å². The van der Waals surface area contributed by atoms with Crippen molar-refractivity contribution in [3.63, 3.8) is 0 Å². The lowest BCUT2D eigenvalue weighted by Crippen LogP contribution is -2.41. The Morgan fingerprint density at radius 1 is 0.947 bits per heavy atom. The minimum atomic E-state index is 0.0207. The van der Waals surface area contributed by atoms with E-state index in [2.05, 4.69) is 18.7 Å². The van der Waals surface area contributed by atoms with Crippen molar-refractivity contribution in [2.24, 2.45) is 0 Å². The van der Waals surface area contributed by atoms with Gasteiger partial charge in [-0.2, -0.15) is 10.5 Å². The predicted molar refractivity (Wildman–Crippen MR) is 74.1 cm³/mol. The van der Waals surface area contributed by atoms with Crippen LogP contribution in [-0.4, -0.2) is 48.4 Å². The second-order valence-electron chi connectivity index (χ2n) is 4.47. The number of rotatable bonds is 10. The molecule has 19 heavy (non-hydrogen) atoms. The molecular weight excluding hydrogens is 240 g/mol. The van der Waals surface area contributed by atoms with Crippen LogP contribution in [0.3, 0.4) is 0 Å². The highest BCUT2D eigenvalue weighted by Crippen LogP contribution is 2.00. The molecule has 0 aromatic rings. The lowest BCUT2D eigenvalue weighted by molar-refractivity contribution is -0.132. The summed E-state index contributed by atoms with van der Waals surface area (Å²) in [7, 11) is 0. The lowest BCUT2D eigenvalue weighted by atomic mass is 10.3. The Hall–Kier alpha value is -1.59. The van der Waals surface area contributed by atoms with Crippen LogP contribution in [0.2, 0.25) is 0 Å². The third-order valence-corrected chi connectivity index (χ3v) is 2.78. The summed E-state index contributed by atoms with van der Waals surface area (Å²) in [6.45, 7) is 7.23. The Balaban J connectivity index is 4.41. The van der Waals surface area contributed by atoms with E-state index in [1.54, 1.807) is 4.90 Å². The number of carbonyl (C=O) groups excluding carboxylic acids is 1. The lowest BCUT2D eigenvalue weighted by Gasteiger charge is -2.26. The molecule has 0 aliphatic heterocycles. The fourth-order valence-corrected chi connectivity index (χ4v) is 1.92. The van der Waals surface area contributed by atoms with Crippen molar-refractivity contribution in [3.05, 3.63) is 0 Å². The first kappa shape index (κ1) is 17.4. The van der Waals surface area contributed by atoms with E-state index < -0.39 is 0 Å². The Morgan fingerprint density at radius 3 is 1.79 bits per heavy atom. The van der Waals surface area contributed by atoms with E-state index in [-0.39, 0.29) is 5.91 Å². The number of nitriles is 2. The first-order chi connectivity index (χ1) is 9.19. The fourth-order valence-electron chi connectivity index (χ4n) is 1.92. The zero-order valence-electron chi connectivity index (χ0n) is 12.1. The summed E-state index contributed by atoms with van der Waals surface area (Å²) in [4.78, 5) is 15.9. The van der Waals surface area contributed by atoms with Gasteiger partial charge in [-0.05, 0) is 25.9 Å². The van der Waals surface area contributed by atoms with Crippen LogP contribution in [0.15, 0.2) is 0 Å². The van der Waals surface area contributed by atoms with E-state index in [1.165, 1.54) is 0 Å². The average Bonchev–Trinajstić information content (AvgIpc) is 2.39. The normalized spacial score (nSPS) is 9.95. The molecule has 0 aromatic carbocycles. The molecule has 0 rings (SSSR count). The maximum absolute atomic E-state index is 12.2. The quantitative estimate of drug-likeness (QED) is 0.603. The standard InChI is InChI=1S/C14H24N4O/c1-3-9-17(10-4-2)13-14(19)18(11-5-7-15)12-6-8-16/h3-6,9-13H2,1-2H3. The molecule has 5 heteroatoms. The van der Waals surface area contributed by atoms with Gasteiger partial charge in [-0.3, -0.25) is 9.69 Å². The maximum Gasteiger partial charge on any atom is 0.236 e. The summed E-state index contributed by atoms with van der Waals surface area (Å²) >= 11 is 0. The highest BCUT2D eigenvalue weighted by molar-refractivity contribution is 5.78. The number of carbonyl (C=O) groups is 1. The van der Waals surface area contributed by atoms with Gasteiger partial charge in [0.05, 0.1) is 31.5 Å². The van der Waals surface area contributed by atoms with Crippen molar-refractivity contribution in [2.75, 3.05) is 32.7 Å².